The van der Waals surface area contributed by atoms with E-state index in [1.54, 1.807) is 42.5 Å². The van der Waals surface area contributed by atoms with Crippen LogP contribution in [0, 0.1) is 0 Å². The third kappa shape index (κ3) is 5.26. The minimum Gasteiger partial charge on any atom is -0.509 e. The second kappa shape index (κ2) is 9.43. The molecule has 0 radical (unpaired) electrons. The largest absolute Gasteiger partial charge is 0.509 e. The van der Waals surface area contributed by atoms with Crippen LogP contribution < -0.4 is 0 Å². The van der Waals surface area contributed by atoms with E-state index in [0.29, 0.717) is 11.1 Å². The van der Waals surface area contributed by atoms with Crippen molar-refractivity contribution < 1.29 is 30.6 Å². The third-order valence-electron chi connectivity index (χ3n) is 4.01. The lowest BCUT2D eigenvalue weighted by atomic mass is 9.98. The summed E-state index contributed by atoms with van der Waals surface area (Å²) >= 11 is 11.8. The normalized spacial score (nSPS) is 18.2. The zero-order valence-corrected chi connectivity index (χ0v) is 16.0. The number of aliphatic hydroxyl groups is 6. The number of hydrogen-bond donors (Lipinski definition) is 6. The van der Waals surface area contributed by atoms with Gasteiger partial charge < -0.3 is 30.6 Å². The van der Waals surface area contributed by atoms with Crippen LogP contribution in [0.1, 0.15) is 11.1 Å². The van der Waals surface area contributed by atoms with Gasteiger partial charge in [0.15, 0.2) is 0 Å². The zero-order chi connectivity index (χ0) is 20.9. The lowest BCUT2D eigenvalue weighted by molar-refractivity contribution is -0.114. The molecule has 0 aliphatic carbocycles. The van der Waals surface area contributed by atoms with Crippen molar-refractivity contribution in [1.29, 1.82) is 0 Å². The van der Waals surface area contributed by atoms with Crippen molar-refractivity contribution in [3.05, 3.63) is 82.3 Å². The smallest absolute Gasteiger partial charge is 0.225 e. The Morgan fingerprint density at radius 3 is 2.07 bits per heavy atom. The van der Waals surface area contributed by atoms with Gasteiger partial charge in [0.2, 0.25) is 5.06 Å². The molecule has 6 nitrogen and oxygen atoms in total. The van der Waals surface area contributed by atoms with Crippen LogP contribution in [0.5, 0.6) is 0 Å². The van der Waals surface area contributed by atoms with Gasteiger partial charge in [-0.05, 0) is 29.3 Å². The molecule has 0 aliphatic heterocycles. The molecule has 0 aliphatic rings. The van der Waals surface area contributed by atoms with Crippen molar-refractivity contribution in [1.82, 2.24) is 0 Å². The summed E-state index contributed by atoms with van der Waals surface area (Å²) in [6.45, 7) is 0. The van der Waals surface area contributed by atoms with Crippen molar-refractivity contribution in [2.45, 2.75) is 23.4 Å². The highest BCUT2D eigenvalue weighted by Crippen LogP contribution is 2.31. The molecule has 0 aromatic heterocycles. The van der Waals surface area contributed by atoms with Gasteiger partial charge in [0, 0.05) is 5.02 Å². The predicted molar refractivity (Wildman–Crippen MR) is 108 cm³/mol. The van der Waals surface area contributed by atoms with E-state index < -0.39 is 34.9 Å². The monoisotopic (exact) mass is 426 g/mol. The maximum Gasteiger partial charge on any atom is 0.225 e. The number of aliphatic hydroxyl groups excluding tert-OH is 5. The van der Waals surface area contributed by atoms with Crippen LogP contribution in [0.25, 0.3) is 12.2 Å². The Labute approximate surface area is 171 Å². The fraction of sp³-hybridized carbons (Fsp3) is 0.200. The van der Waals surface area contributed by atoms with Crippen LogP contribution in [-0.2, 0) is 0 Å². The minimum absolute atomic E-state index is 0.250. The van der Waals surface area contributed by atoms with Crippen molar-refractivity contribution in [3.63, 3.8) is 0 Å². The second-order valence-corrected chi connectivity index (χ2v) is 7.07. The van der Waals surface area contributed by atoms with Crippen molar-refractivity contribution in [2.24, 2.45) is 0 Å². The molecule has 2 aromatic rings. The summed E-state index contributed by atoms with van der Waals surface area (Å²) in [7, 11) is 0. The summed E-state index contributed by atoms with van der Waals surface area (Å²) in [6.07, 6.45) is -4.17. The van der Waals surface area contributed by atoms with Crippen molar-refractivity contribution >= 4 is 35.4 Å². The van der Waals surface area contributed by atoms with Gasteiger partial charge in [-0.1, -0.05) is 71.7 Å². The summed E-state index contributed by atoms with van der Waals surface area (Å²) in [5.41, 5.74) is 0.832. The summed E-state index contributed by atoms with van der Waals surface area (Å²) in [4.78, 5) is 0. The number of rotatable bonds is 7. The van der Waals surface area contributed by atoms with Gasteiger partial charge in [0.05, 0.1) is 0 Å². The predicted octanol–water partition coefficient (Wildman–Crippen LogP) is 2.85. The van der Waals surface area contributed by atoms with Crippen molar-refractivity contribution in [2.75, 3.05) is 0 Å². The first-order valence-corrected chi connectivity index (χ1v) is 8.97. The molecule has 2 aromatic carbocycles. The average Bonchev–Trinajstić information content (AvgIpc) is 2.68. The Bertz CT molecular complexity index is 851. The molecule has 0 saturated carbocycles. The molecule has 0 unspecified atom stereocenters. The average molecular weight is 427 g/mol. The maximum absolute atomic E-state index is 10.3. The van der Waals surface area contributed by atoms with E-state index in [0.717, 1.165) is 6.08 Å². The Morgan fingerprint density at radius 2 is 1.46 bits per heavy atom. The Balaban J connectivity index is 2.21. The fourth-order valence-electron chi connectivity index (χ4n) is 2.37. The molecule has 0 saturated heterocycles. The van der Waals surface area contributed by atoms with Gasteiger partial charge in [-0.2, -0.15) is 0 Å². The van der Waals surface area contributed by atoms with Gasteiger partial charge in [-0.25, -0.2) is 0 Å². The van der Waals surface area contributed by atoms with Gasteiger partial charge in [0.1, 0.15) is 29.8 Å². The van der Waals surface area contributed by atoms with Gasteiger partial charge >= 0.3 is 0 Å². The van der Waals surface area contributed by atoms with Crippen LogP contribution >= 0.6 is 23.2 Å². The fourth-order valence-corrected chi connectivity index (χ4v) is 2.75. The molecule has 28 heavy (non-hydrogen) atoms. The molecule has 6 N–H and O–H groups in total. The minimum atomic E-state index is -2.85. The Hall–Kier alpha value is -2.06. The molecule has 8 heteroatoms. The quantitative estimate of drug-likeness (QED) is 0.299. The highest BCUT2D eigenvalue weighted by molar-refractivity contribution is 6.32. The molecular formula is C20H20Cl2O6. The Kier molecular flexibility index (Phi) is 7.48. The van der Waals surface area contributed by atoms with Crippen molar-refractivity contribution in [3.8, 4) is 0 Å². The highest BCUT2D eigenvalue weighted by atomic mass is 35.5. The summed E-state index contributed by atoms with van der Waals surface area (Å²) in [6, 6.07) is 14.8. The molecule has 0 amide bonds. The summed E-state index contributed by atoms with van der Waals surface area (Å²) < 4.78 is 0. The van der Waals surface area contributed by atoms with Gasteiger partial charge in [-0.3, -0.25) is 0 Å². The van der Waals surface area contributed by atoms with E-state index in [9.17, 15) is 30.6 Å². The van der Waals surface area contributed by atoms with E-state index in [4.69, 9.17) is 23.2 Å². The van der Waals surface area contributed by atoms with E-state index >= 15 is 0 Å². The lowest BCUT2D eigenvalue weighted by Gasteiger charge is -2.31. The summed E-state index contributed by atoms with van der Waals surface area (Å²) in [5, 5.41) is 58.2. The van der Waals surface area contributed by atoms with Crippen LogP contribution in [-0.4, -0.2) is 54.0 Å². The van der Waals surface area contributed by atoms with Crippen LogP contribution in [0.15, 0.2) is 66.1 Å². The number of benzene rings is 2. The number of halogens is 2. The summed E-state index contributed by atoms with van der Waals surface area (Å²) in [5.74, 6) is -1.58. The molecular weight excluding hydrogens is 407 g/mol. The third-order valence-corrected chi connectivity index (χ3v) is 4.77. The SMILES string of the molecule is OC(=Cc1ccccc1)[C@@H](O)[C@@H](O)[C@H](O)[C@](O)(Cl)C(O)=Cc1ccccc1Cl. The maximum atomic E-state index is 10.3. The number of hydrogen-bond acceptors (Lipinski definition) is 6. The molecule has 150 valence electrons. The van der Waals surface area contributed by atoms with Crippen LogP contribution in [0.3, 0.4) is 0 Å². The van der Waals surface area contributed by atoms with Crippen LogP contribution in [0.4, 0.5) is 0 Å². The first-order chi connectivity index (χ1) is 13.1. The molecule has 0 fully saturated rings. The second-order valence-electron chi connectivity index (χ2n) is 6.08. The van der Waals surface area contributed by atoms with E-state index in [1.165, 1.54) is 18.2 Å². The van der Waals surface area contributed by atoms with Gasteiger partial charge in [0.25, 0.3) is 0 Å². The van der Waals surface area contributed by atoms with E-state index in [1.807, 2.05) is 0 Å². The number of alkyl halides is 1. The molecule has 2 rings (SSSR count). The lowest BCUT2D eigenvalue weighted by Crippen LogP contribution is -2.51. The molecule has 4 atom stereocenters. The molecule has 0 heterocycles. The molecule has 0 bridgehead atoms. The first-order valence-electron chi connectivity index (χ1n) is 8.21. The molecule has 0 spiro atoms. The topological polar surface area (TPSA) is 121 Å². The van der Waals surface area contributed by atoms with E-state index in [-0.39, 0.29) is 5.02 Å². The van der Waals surface area contributed by atoms with Crippen LogP contribution in [0.2, 0.25) is 5.02 Å². The van der Waals surface area contributed by atoms with Gasteiger partial charge in [-0.15, -0.1) is 0 Å². The zero-order valence-electron chi connectivity index (χ0n) is 14.5. The highest BCUT2D eigenvalue weighted by Gasteiger charge is 2.45. The standard InChI is InChI=1S/C20H20Cl2O6/c21-14-9-5-4-8-13(14)11-16(24)20(22,28)19(27)18(26)17(25)15(23)10-12-6-2-1-3-7-12/h1-11,17-19,23-28H/t17-,18-,19+,20+/m1/s1. The first kappa shape index (κ1) is 22.2. The Morgan fingerprint density at radius 1 is 0.893 bits per heavy atom. The van der Waals surface area contributed by atoms with E-state index in [2.05, 4.69) is 0 Å².